The molecule has 0 radical (unpaired) electrons. The van der Waals surface area contributed by atoms with Gasteiger partial charge in [0.25, 0.3) is 0 Å². The number of likely N-dealkylation sites (tertiary alicyclic amines) is 1. The van der Waals surface area contributed by atoms with Gasteiger partial charge in [0.15, 0.2) is 0 Å². The van der Waals surface area contributed by atoms with Crippen LogP contribution >= 0.6 is 0 Å². The maximum atomic E-state index is 11.7. The van der Waals surface area contributed by atoms with Crippen molar-refractivity contribution in [3.05, 3.63) is 18.0 Å². The lowest BCUT2D eigenvalue weighted by Gasteiger charge is -2.42. The lowest BCUT2D eigenvalue weighted by molar-refractivity contribution is -0.154. The molecule has 112 valence electrons. The topological polar surface area (TPSA) is 58.4 Å². The van der Waals surface area contributed by atoms with Crippen molar-refractivity contribution in [1.82, 2.24) is 14.7 Å². The van der Waals surface area contributed by atoms with E-state index < -0.39 is 11.4 Å². The number of hydrogen-bond donors (Lipinski definition) is 1. The van der Waals surface area contributed by atoms with E-state index in [2.05, 4.69) is 23.8 Å². The van der Waals surface area contributed by atoms with Gasteiger partial charge in [0.2, 0.25) is 0 Å². The average molecular weight is 279 g/mol. The molecule has 0 bridgehead atoms. The highest BCUT2D eigenvalue weighted by atomic mass is 16.4. The van der Waals surface area contributed by atoms with Gasteiger partial charge < -0.3 is 5.11 Å². The normalized spacial score (nSPS) is 25.6. The highest BCUT2D eigenvalue weighted by Gasteiger charge is 2.42. The molecule has 0 aliphatic carbocycles. The molecule has 1 aromatic rings. The van der Waals surface area contributed by atoms with E-state index in [1.54, 1.807) is 4.68 Å². The number of nitrogens with zero attached hydrogens (tertiary/aromatic N) is 3. The molecule has 2 atom stereocenters. The van der Waals surface area contributed by atoms with Gasteiger partial charge >= 0.3 is 5.97 Å². The first kappa shape index (κ1) is 15.0. The van der Waals surface area contributed by atoms with Crippen molar-refractivity contribution in [3.63, 3.8) is 0 Å². The second kappa shape index (κ2) is 5.95. The summed E-state index contributed by atoms with van der Waals surface area (Å²) in [6.07, 6.45) is 7.33. The highest BCUT2D eigenvalue weighted by molar-refractivity contribution is 5.75. The van der Waals surface area contributed by atoms with Crippen molar-refractivity contribution in [3.8, 4) is 0 Å². The Morgan fingerprint density at radius 1 is 1.60 bits per heavy atom. The van der Waals surface area contributed by atoms with Gasteiger partial charge in [0.05, 0.1) is 11.6 Å². The molecule has 2 heterocycles. The van der Waals surface area contributed by atoms with Crippen LogP contribution in [0.5, 0.6) is 0 Å². The van der Waals surface area contributed by atoms with Crippen molar-refractivity contribution >= 4 is 5.97 Å². The molecule has 2 unspecified atom stereocenters. The zero-order chi connectivity index (χ0) is 14.8. The van der Waals surface area contributed by atoms with Crippen LogP contribution in [0.3, 0.4) is 0 Å². The summed E-state index contributed by atoms with van der Waals surface area (Å²) in [4.78, 5) is 14.0. The molecule has 20 heavy (non-hydrogen) atoms. The fourth-order valence-electron chi connectivity index (χ4n) is 3.33. The Labute approximate surface area is 120 Å². The molecule has 1 N–H and O–H groups in total. The SMILES string of the molecule is CCCC1(C(=O)O)CCCN(C(C)c2cnn(C)c2)C1. The van der Waals surface area contributed by atoms with Crippen LogP contribution in [-0.4, -0.2) is 38.8 Å². The molecule has 1 fully saturated rings. The van der Waals surface area contributed by atoms with E-state index in [9.17, 15) is 9.90 Å². The van der Waals surface area contributed by atoms with Crippen LogP contribution in [0.2, 0.25) is 0 Å². The molecule has 0 amide bonds. The first-order valence-electron chi connectivity index (χ1n) is 7.44. The maximum Gasteiger partial charge on any atom is 0.310 e. The second-order valence-electron chi connectivity index (χ2n) is 6.03. The Morgan fingerprint density at radius 2 is 2.35 bits per heavy atom. The molecular formula is C15H25N3O2. The summed E-state index contributed by atoms with van der Waals surface area (Å²) in [5.41, 5.74) is 0.592. The van der Waals surface area contributed by atoms with E-state index in [0.717, 1.165) is 37.8 Å². The van der Waals surface area contributed by atoms with E-state index in [4.69, 9.17) is 0 Å². The Balaban J connectivity index is 2.15. The second-order valence-corrected chi connectivity index (χ2v) is 6.03. The van der Waals surface area contributed by atoms with Crippen molar-refractivity contribution in [2.24, 2.45) is 12.5 Å². The minimum atomic E-state index is -0.637. The van der Waals surface area contributed by atoms with Crippen molar-refractivity contribution in [2.75, 3.05) is 13.1 Å². The monoisotopic (exact) mass is 279 g/mol. The molecule has 0 aromatic carbocycles. The summed E-state index contributed by atoms with van der Waals surface area (Å²) < 4.78 is 1.80. The number of aromatic nitrogens is 2. The third-order valence-electron chi connectivity index (χ3n) is 4.54. The molecule has 1 aromatic heterocycles. The van der Waals surface area contributed by atoms with E-state index >= 15 is 0 Å². The molecule has 5 heteroatoms. The molecule has 5 nitrogen and oxygen atoms in total. The first-order valence-corrected chi connectivity index (χ1v) is 7.44. The van der Waals surface area contributed by atoms with Crippen LogP contribution in [0.1, 0.15) is 51.1 Å². The van der Waals surface area contributed by atoms with Gasteiger partial charge in [-0.3, -0.25) is 14.4 Å². The summed E-state index contributed by atoms with van der Waals surface area (Å²) in [5.74, 6) is -0.637. The van der Waals surface area contributed by atoms with Crippen LogP contribution in [-0.2, 0) is 11.8 Å². The Morgan fingerprint density at radius 3 is 2.90 bits per heavy atom. The number of carboxylic acid groups (broad SMARTS) is 1. The zero-order valence-electron chi connectivity index (χ0n) is 12.7. The number of hydrogen-bond acceptors (Lipinski definition) is 3. The summed E-state index contributed by atoms with van der Waals surface area (Å²) in [7, 11) is 1.91. The number of piperidine rings is 1. The van der Waals surface area contributed by atoms with Gasteiger partial charge in [-0.1, -0.05) is 13.3 Å². The van der Waals surface area contributed by atoms with Crippen LogP contribution in [0.25, 0.3) is 0 Å². The molecule has 1 saturated heterocycles. The summed E-state index contributed by atoms with van der Waals surface area (Å²) >= 11 is 0. The lowest BCUT2D eigenvalue weighted by atomic mass is 9.76. The van der Waals surface area contributed by atoms with Gasteiger partial charge in [-0.2, -0.15) is 5.10 Å². The third kappa shape index (κ3) is 2.87. The summed E-state index contributed by atoms with van der Waals surface area (Å²) in [5, 5.41) is 13.9. The van der Waals surface area contributed by atoms with Gasteiger partial charge in [-0.05, 0) is 32.7 Å². The van der Waals surface area contributed by atoms with Crippen molar-refractivity contribution in [1.29, 1.82) is 0 Å². The minimum absolute atomic E-state index is 0.222. The predicted octanol–water partition coefficient (Wildman–Crippen LogP) is 2.45. The van der Waals surface area contributed by atoms with Gasteiger partial charge in [0.1, 0.15) is 0 Å². The Kier molecular flexibility index (Phi) is 4.48. The Hall–Kier alpha value is -1.36. The van der Waals surface area contributed by atoms with E-state index in [0.29, 0.717) is 6.54 Å². The maximum absolute atomic E-state index is 11.7. The van der Waals surface area contributed by atoms with Crippen LogP contribution in [0, 0.1) is 5.41 Å². The molecule has 2 rings (SSSR count). The van der Waals surface area contributed by atoms with E-state index in [-0.39, 0.29) is 6.04 Å². The van der Waals surface area contributed by atoms with E-state index in [1.807, 2.05) is 19.4 Å². The zero-order valence-corrected chi connectivity index (χ0v) is 12.7. The van der Waals surface area contributed by atoms with Gasteiger partial charge in [-0.15, -0.1) is 0 Å². The molecule has 1 aliphatic rings. The fraction of sp³-hybridized carbons (Fsp3) is 0.733. The average Bonchev–Trinajstić information content (AvgIpc) is 2.85. The summed E-state index contributed by atoms with van der Waals surface area (Å²) in [6, 6.07) is 0.222. The molecule has 0 spiro atoms. The van der Waals surface area contributed by atoms with Crippen molar-refractivity contribution in [2.45, 2.75) is 45.6 Å². The minimum Gasteiger partial charge on any atom is -0.481 e. The number of carbonyl (C=O) groups is 1. The van der Waals surface area contributed by atoms with Crippen LogP contribution in [0.4, 0.5) is 0 Å². The smallest absolute Gasteiger partial charge is 0.310 e. The van der Waals surface area contributed by atoms with Gasteiger partial charge in [-0.25, -0.2) is 0 Å². The molecule has 1 aliphatic heterocycles. The van der Waals surface area contributed by atoms with Crippen molar-refractivity contribution < 1.29 is 9.90 Å². The number of rotatable bonds is 5. The summed E-state index contributed by atoms with van der Waals surface area (Å²) in [6.45, 7) is 5.82. The first-order chi connectivity index (χ1) is 9.48. The van der Waals surface area contributed by atoms with Crippen LogP contribution < -0.4 is 0 Å². The highest BCUT2D eigenvalue weighted by Crippen LogP contribution is 2.38. The Bertz CT molecular complexity index is 467. The fourth-order valence-corrected chi connectivity index (χ4v) is 3.33. The number of carboxylic acids is 1. The van der Waals surface area contributed by atoms with E-state index in [1.165, 1.54) is 0 Å². The number of aryl methyl sites for hydroxylation is 1. The third-order valence-corrected chi connectivity index (χ3v) is 4.54. The standard InChI is InChI=1S/C15H25N3O2/c1-4-6-15(14(19)20)7-5-8-18(11-15)12(2)13-9-16-17(3)10-13/h9-10,12H,4-8,11H2,1-3H3,(H,19,20). The quantitative estimate of drug-likeness (QED) is 0.899. The number of aliphatic carboxylic acids is 1. The lowest BCUT2D eigenvalue weighted by Crippen LogP contribution is -2.48. The molecule has 0 saturated carbocycles. The predicted molar refractivity (Wildman–Crippen MR) is 77.4 cm³/mol. The van der Waals surface area contributed by atoms with Crippen LogP contribution in [0.15, 0.2) is 12.4 Å². The molecular weight excluding hydrogens is 254 g/mol. The van der Waals surface area contributed by atoms with Gasteiger partial charge in [0, 0.05) is 31.4 Å². The largest absolute Gasteiger partial charge is 0.481 e.